The second-order valence-corrected chi connectivity index (χ2v) is 10.7. The zero-order chi connectivity index (χ0) is 32.5. The van der Waals surface area contributed by atoms with Gasteiger partial charge in [-0.2, -0.15) is 0 Å². The van der Waals surface area contributed by atoms with Crippen molar-refractivity contribution in [1.29, 1.82) is 0 Å². The SMILES string of the molecule is CC(C)C.O=C(O)CCc1ccc(C[C@H](NC(=O)CNC(=O)Cc2ccc(NC(=O)Nc3ccccc3)cc2)C(=O)O)cc1. The first-order valence-corrected chi connectivity index (χ1v) is 14.2. The Morgan fingerprint density at radius 3 is 1.75 bits per heavy atom. The number of rotatable bonds is 13. The van der Waals surface area contributed by atoms with Gasteiger partial charge < -0.3 is 31.5 Å². The van der Waals surface area contributed by atoms with Crippen molar-refractivity contribution < 1.29 is 34.2 Å². The number of anilines is 2. The summed E-state index contributed by atoms with van der Waals surface area (Å²) in [6, 6.07) is 20.8. The maximum absolute atomic E-state index is 12.3. The van der Waals surface area contributed by atoms with E-state index in [0.29, 0.717) is 28.9 Å². The summed E-state index contributed by atoms with van der Waals surface area (Å²) in [5.74, 6) is -2.37. The van der Waals surface area contributed by atoms with Gasteiger partial charge in [0.1, 0.15) is 6.04 Å². The first-order chi connectivity index (χ1) is 20.9. The molecule has 0 aromatic heterocycles. The molecular weight excluding hydrogens is 564 g/mol. The molecular formula is C33H40N4O7. The Labute approximate surface area is 257 Å². The Morgan fingerprint density at radius 1 is 0.682 bits per heavy atom. The molecule has 4 amide bonds. The number of carbonyl (C=O) groups excluding carboxylic acids is 3. The fourth-order valence-corrected chi connectivity index (χ4v) is 3.72. The van der Waals surface area contributed by atoms with E-state index in [1.54, 1.807) is 72.8 Å². The molecule has 0 unspecified atom stereocenters. The van der Waals surface area contributed by atoms with Crippen molar-refractivity contribution in [3.63, 3.8) is 0 Å². The number of aryl methyl sites for hydroxylation is 1. The number of carboxylic acid groups (broad SMARTS) is 2. The van der Waals surface area contributed by atoms with Gasteiger partial charge in [0, 0.05) is 24.2 Å². The van der Waals surface area contributed by atoms with Gasteiger partial charge in [0.15, 0.2) is 0 Å². The molecule has 0 fully saturated rings. The zero-order valence-electron chi connectivity index (χ0n) is 25.1. The first kappa shape index (κ1) is 35.0. The summed E-state index contributed by atoms with van der Waals surface area (Å²) >= 11 is 0. The monoisotopic (exact) mass is 604 g/mol. The molecule has 3 aromatic carbocycles. The van der Waals surface area contributed by atoms with E-state index in [2.05, 4.69) is 42.0 Å². The second kappa shape index (κ2) is 18.4. The molecule has 0 spiro atoms. The van der Waals surface area contributed by atoms with Gasteiger partial charge in [-0.3, -0.25) is 14.4 Å². The van der Waals surface area contributed by atoms with Gasteiger partial charge in [0.25, 0.3) is 0 Å². The predicted octanol–water partition coefficient (Wildman–Crippen LogP) is 4.48. The molecule has 3 aromatic rings. The summed E-state index contributed by atoms with van der Waals surface area (Å²) in [6.45, 7) is 6.11. The minimum absolute atomic E-state index is 0.00466. The van der Waals surface area contributed by atoms with E-state index in [4.69, 9.17) is 5.11 Å². The number of urea groups is 1. The maximum Gasteiger partial charge on any atom is 0.326 e. The lowest BCUT2D eigenvalue weighted by atomic mass is 10.0. The average molecular weight is 605 g/mol. The lowest BCUT2D eigenvalue weighted by Crippen LogP contribution is -2.46. The molecule has 234 valence electrons. The van der Waals surface area contributed by atoms with E-state index in [1.165, 1.54) is 0 Å². The molecule has 0 radical (unpaired) electrons. The smallest absolute Gasteiger partial charge is 0.326 e. The van der Waals surface area contributed by atoms with E-state index in [0.717, 1.165) is 11.5 Å². The van der Waals surface area contributed by atoms with Crippen LogP contribution in [0, 0.1) is 5.92 Å². The molecule has 1 atom stereocenters. The normalized spacial score (nSPS) is 10.9. The summed E-state index contributed by atoms with van der Waals surface area (Å²) < 4.78 is 0. The van der Waals surface area contributed by atoms with E-state index >= 15 is 0 Å². The van der Waals surface area contributed by atoms with Crippen LogP contribution in [0.25, 0.3) is 0 Å². The highest BCUT2D eigenvalue weighted by Crippen LogP contribution is 2.12. The Morgan fingerprint density at radius 2 is 1.20 bits per heavy atom. The highest BCUT2D eigenvalue weighted by molar-refractivity contribution is 5.99. The van der Waals surface area contributed by atoms with Crippen LogP contribution in [0.1, 0.15) is 43.9 Å². The van der Waals surface area contributed by atoms with Gasteiger partial charge in [-0.05, 0) is 53.3 Å². The van der Waals surface area contributed by atoms with Crippen LogP contribution in [0.5, 0.6) is 0 Å². The van der Waals surface area contributed by atoms with Crippen LogP contribution < -0.4 is 21.3 Å². The fraction of sp³-hybridized carbons (Fsp3) is 0.303. The second-order valence-electron chi connectivity index (χ2n) is 10.7. The minimum atomic E-state index is -1.22. The number of benzene rings is 3. The van der Waals surface area contributed by atoms with E-state index < -0.39 is 42.4 Å². The molecule has 0 heterocycles. The number of carboxylic acids is 2. The number of aliphatic carboxylic acids is 2. The molecule has 44 heavy (non-hydrogen) atoms. The van der Waals surface area contributed by atoms with E-state index in [9.17, 15) is 29.1 Å². The van der Waals surface area contributed by atoms with Crippen LogP contribution in [0.4, 0.5) is 16.2 Å². The fourth-order valence-electron chi connectivity index (χ4n) is 3.72. The largest absolute Gasteiger partial charge is 0.481 e. The van der Waals surface area contributed by atoms with Gasteiger partial charge in [-0.25, -0.2) is 9.59 Å². The predicted molar refractivity (Wildman–Crippen MR) is 168 cm³/mol. The van der Waals surface area contributed by atoms with Gasteiger partial charge in [0.2, 0.25) is 11.8 Å². The zero-order valence-corrected chi connectivity index (χ0v) is 25.1. The average Bonchev–Trinajstić information content (AvgIpc) is 2.96. The van der Waals surface area contributed by atoms with Crippen molar-refractivity contribution in [2.45, 2.75) is 52.5 Å². The molecule has 11 nitrogen and oxygen atoms in total. The highest BCUT2D eigenvalue weighted by Gasteiger charge is 2.21. The molecule has 0 bridgehead atoms. The molecule has 11 heteroatoms. The number of hydrogen-bond acceptors (Lipinski definition) is 5. The summed E-state index contributed by atoms with van der Waals surface area (Å²) in [4.78, 5) is 59.0. The molecule has 0 saturated heterocycles. The highest BCUT2D eigenvalue weighted by atomic mass is 16.4. The van der Waals surface area contributed by atoms with Crippen molar-refractivity contribution >= 4 is 41.2 Å². The quantitative estimate of drug-likeness (QED) is 0.167. The summed E-state index contributed by atoms with van der Waals surface area (Å²) in [6.07, 6.45) is 0.370. The van der Waals surface area contributed by atoms with Crippen molar-refractivity contribution in [3.05, 3.63) is 95.6 Å². The third-order valence-corrected chi connectivity index (χ3v) is 5.78. The number of carbonyl (C=O) groups is 5. The summed E-state index contributed by atoms with van der Waals surface area (Å²) in [5, 5.41) is 28.6. The van der Waals surface area contributed by atoms with Crippen LogP contribution in [-0.2, 0) is 38.4 Å². The minimum Gasteiger partial charge on any atom is -0.481 e. The Hall–Kier alpha value is -5.19. The number of amides is 4. The molecule has 0 aliphatic rings. The number of nitrogens with one attached hydrogen (secondary N) is 4. The van der Waals surface area contributed by atoms with Crippen LogP contribution in [0.2, 0.25) is 0 Å². The van der Waals surface area contributed by atoms with Crippen molar-refractivity contribution in [2.24, 2.45) is 5.92 Å². The van der Waals surface area contributed by atoms with Crippen molar-refractivity contribution in [1.82, 2.24) is 10.6 Å². The maximum atomic E-state index is 12.3. The Bertz CT molecular complexity index is 1370. The van der Waals surface area contributed by atoms with Crippen molar-refractivity contribution in [2.75, 3.05) is 17.2 Å². The van der Waals surface area contributed by atoms with Crippen LogP contribution in [0.15, 0.2) is 78.9 Å². The lowest BCUT2D eigenvalue weighted by Gasteiger charge is -2.15. The molecule has 0 aliphatic heterocycles. The topological polar surface area (TPSA) is 174 Å². The first-order valence-electron chi connectivity index (χ1n) is 14.2. The Kier molecular flexibility index (Phi) is 14.6. The van der Waals surface area contributed by atoms with Gasteiger partial charge in [-0.15, -0.1) is 0 Å². The van der Waals surface area contributed by atoms with Crippen LogP contribution in [-0.4, -0.2) is 52.6 Å². The molecule has 0 aliphatic carbocycles. The molecule has 0 saturated carbocycles. The number of hydrogen-bond donors (Lipinski definition) is 6. The number of para-hydroxylation sites is 1. The summed E-state index contributed by atoms with van der Waals surface area (Å²) in [5.41, 5.74) is 3.31. The Balaban J connectivity index is 0.00000159. The van der Waals surface area contributed by atoms with Crippen LogP contribution >= 0.6 is 0 Å². The van der Waals surface area contributed by atoms with E-state index in [1.807, 2.05) is 6.07 Å². The third kappa shape index (κ3) is 14.6. The van der Waals surface area contributed by atoms with Gasteiger partial charge in [0.05, 0.1) is 13.0 Å². The lowest BCUT2D eigenvalue weighted by molar-refractivity contribution is -0.141. The molecule has 3 rings (SSSR count). The van der Waals surface area contributed by atoms with Gasteiger partial charge >= 0.3 is 18.0 Å². The summed E-state index contributed by atoms with van der Waals surface area (Å²) in [7, 11) is 0. The molecule has 6 N–H and O–H groups in total. The standard InChI is InChI=1S/C29H30N4O7.C4H10/c34-25(17-21-10-13-23(14-11-21)32-29(40)31-22-4-2-1-3-5-22)30-18-26(35)33-24(28(38)39)16-20-8-6-19(7-9-20)12-15-27(36)37;1-4(2)3/h1-11,13-14,24H,12,15-18H2,(H,30,34)(H,33,35)(H,36,37)(H,38,39)(H2,31,32,40);4H,1-3H3/t24-;/m0./s1. The van der Waals surface area contributed by atoms with E-state index in [-0.39, 0.29) is 19.3 Å². The van der Waals surface area contributed by atoms with Crippen LogP contribution in [0.3, 0.4) is 0 Å². The third-order valence-electron chi connectivity index (χ3n) is 5.78. The van der Waals surface area contributed by atoms with Crippen molar-refractivity contribution in [3.8, 4) is 0 Å². The van der Waals surface area contributed by atoms with Gasteiger partial charge in [-0.1, -0.05) is 75.4 Å².